The lowest BCUT2D eigenvalue weighted by atomic mass is 10.1. The summed E-state index contributed by atoms with van der Waals surface area (Å²) in [7, 11) is 12.5. The number of carbonyl (C=O) groups excluding carboxylic acids is 4. The van der Waals surface area contributed by atoms with Crippen molar-refractivity contribution < 1.29 is 61.8 Å². The molecule has 18 nitrogen and oxygen atoms in total. The summed E-state index contributed by atoms with van der Waals surface area (Å²) in [4.78, 5) is 55.4. The van der Waals surface area contributed by atoms with Crippen molar-refractivity contribution in [3.8, 4) is 51.7 Å². The monoisotopic (exact) mass is 853 g/mol. The largest absolute Gasteiger partial charge is 0.496 e. The Morgan fingerprint density at radius 1 is 0.355 bits per heavy atom. The first-order valence-corrected chi connectivity index (χ1v) is 18.5. The molecule has 0 saturated carbocycles. The highest BCUT2D eigenvalue weighted by molar-refractivity contribution is 6.13. The van der Waals surface area contributed by atoms with Crippen molar-refractivity contribution >= 4 is 52.1 Å². The molecule has 5 aromatic carbocycles. The fraction of sp³-hybridized carbons (Fsp3) is 0.227. The van der Waals surface area contributed by atoms with E-state index in [0.29, 0.717) is 17.2 Å². The van der Waals surface area contributed by atoms with Gasteiger partial charge < -0.3 is 69.6 Å². The molecule has 0 spiro atoms. The van der Waals surface area contributed by atoms with Crippen molar-refractivity contribution in [3.63, 3.8) is 0 Å². The van der Waals surface area contributed by atoms with Gasteiger partial charge in [-0.05, 0) is 48.9 Å². The Bertz CT molecular complexity index is 2520. The van der Waals surface area contributed by atoms with Gasteiger partial charge in [-0.3, -0.25) is 19.2 Å². The topological polar surface area (TPSA) is 225 Å². The summed E-state index contributed by atoms with van der Waals surface area (Å²) in [5, 5.41) is 11.1. The Morgan fingerprint density at radius 2 is 0.629 bits per heavy atom. The number of nitrogens with two attached hydrogens (primary N) is 1. The molecule has 0 aromatic heterocycles. The predicted molar refractivity (Wildman–Crippen MR) is 232 cm³/mol. The number of aryl methyl sites for hydroxylation is 1. The van der Waals surface area contributed by atoms with Gasteiger partial charge in [-0.15, -0.1) is 0 Å². The van der Waals surface area contributed by atoms with E-state index in [-0.39, 0.29) is 85.2 Å². The third-order valence-electron chi connectivity index (χ3n) is 9.44. The van der Waals surface area contributed by atoms with Crippen LogP contribution in [0.4, 0.5) is 28.4 Å². The smallest absolute Gasteiger partial charge is 0.259 e. The van der Waals surface area contributed by atoms with Crippen LogP contribution in [0.5, 0.6) is 51.7 Å². The van der Waals surface area contributed by atoms with E-state index in [1.54, 1.807) is 12.1 Å². The molecule has 62 heavy (non-hydrogen) atoms. The molecular weight excluding hydrogens is 807 g/mol. The first-order chi connectivity index (χ1) is 29.8. The van der Waals surface area contributed by atoms with E-state index in [9.17, 15) is 19.2 Å². The minimum atomic E-state index is -0.723. The van der Waals surface area contributed by atoms with Crippen LogP contribution in [0.2, 0.25) is 0 Å². The van der Waals surface area contributed by atoms with Gasteiger partial charge in [-0.2, -0.15) is 0 Å². The zero-order chi connectivity index (χ0) is 45.2. The maximum atomic E-state index is 14.1. The molecule has 0 saturated heterocycles. The highest BCUT2D eigenvalue weighted by Gasteiger charge is 2.26. The number of amides is 4. The summed E-state index contributed by atoms with van der Waals surface area (Å²) in [5.74, 6) is -0.903. The molecule has 326 valence electrons. The molecule has 5 aromatic rings. The van der Waals surface area contributed by atoms with Crippen molar-refractivity contribution in [1.82, 2.24) is 0 Å². The number of methoxy groups -OCH3 is 9. The van der Waals surface area contributed by atoms with Crippen LogP contribution in [-0.4, -0.2) is 87.6 Å². The third-order valence-corrected chi connectivity index (χ3v) is 9.44. The van der Waals surface area contributed by atoms with Crippen molar-refractivity contribution in [2.45, 2.75) is 6.92 Å². The molecular formula is C44H47N5O13. The summed E-state index contributed by atoms with van der Waals surface area (Å²) in [6.07, 6.45) is 0. The normalized spacial score (nSPS) is 10.4. The van der Waals surface area contributed by atoms with Gasteiger partial charge in [0.15, 0.2) is 0 Å². The van der Waals surface area contributed by atoms with Crippen LogP contribution in [0.25, 0.3) is 0 Å². The maximum Gasteiger partial charge on any atom is 0.259 e. The van der Waals surface area contributed by atoms with Gasteiger partial charge in [-0.25, -0.2) is 0 Å². The average molecular weight is 854 g/mol. The molecule has 0 aliphatic carbocycles. The van der Waals surface area contributed by atoms with Crippen LogP contribution in [0.3, 0.4) is 0 Å². The third kappa shape index (κ3) is 9.54. The lowest BCUT2D eigenvalue weighted by molar-refractivity contribution is 0.101. The molecule has 4 amide bonds. The van der Waals surface area contributed by atoms with Gasteiger partial charge in [0.1, 0.15) is 51.7 Å². The summed E-state index contributed by atoms with van der Waals surface area (Å²) >= 11 is 0. The molecule has 0 bridgehead atoms. The highest BCUT2D eigenvalue weighted by Crippen LogP contribution is 2.40. The maximum absolute atomic E-state index is 14.1. The fourth-order valence-corrected chi connectivity index (χ4v) is 6.30. The quantitative estimate of drug-likeness (QED) is 0.0617. The molecule has 0 aliphatic rings. The standard InChI is InChI=1S/C44H47N5O13/c1-22-11-12-32(54-2)28(13-22)46-42(51)24-15-30(39(61-9)19-34(24)56-4)48-44(53)26-17-31(40(62-10)21-36(26)58-6)49-43(52)25-16-29(38(60-8)20-35(25)57-5)47-41(50)23-14-27(45)37(59-7)18-33(23)55-3/h11-21H,45H2,1-10H3,(H,46,51)(H,47,50)(H,48,53)(H,49,52). The predicted octanol–water partition coefficient (Wildman–Crippen LogP) is 6.66. The molecule has 0 unspecified atom stereocenters. The summed E-state index contributed by atoms with van der Waals surface area (Å²) in [6.45, 7) is 1.87. The number of benzene rings is 5. The first-order valence-electron chi connectivity index (χ1n) is 18.5. The second kappa shape index (κ2) is 19.8. The lowest BCUT2D eigenvalue weighted by Gasteiger charge is -2.19. The minimum Gasteiger partial charge on any atom is -0.496 e. The Hall–Kier alpha value is -8.02. The Kier molecular flexibility index (Phi) is 14.4. The molecule has 0 fully saturated rings. The summed E-state index contributed by atoms with van der Waals surface area (Å²) in [5.41, 5.74) is 7.91. The van der Waals surface area contributed by atoms with E-state index in [0.717, 1.165) is 5.56 Å². The number of nitrogen functional groups attached to an aromatic ring is 1. The van der Waals surface area contributed by atoms with E-state index >= 15 is 0 Å². The first kappa shape index (κ1) is 45.1. The second-order valence-corrected chi connectivity index (χ2v) is 13.1. The van der Waals surface area contributed by atoms with E-state index < -0.39 is 23.6 Å². The van der Waals surface area contributed by atoms with Gasteiger partial charge in [-0.1, -0.05) is 6.07 Å². The number of rotatable bonds is 17. The van der Waals surface area contributed by atoms with Gasteiger partial charge in [0.25, 0.3) is 23.6 Å². The lowest BCUT2D eigenvalue weighted by Crippen LogP contribution is -2.19. The fourth-order valence-electron chi connectivity index (χ4n) is 6.30. The average Bonchev–Trinajstić information content (AvgIpc) is 3.28. The Balaban J connectivity index is 1.48. The van der Waals surface area contributed by atoms with E-state index in [4.69, 9.17) is 48.4 Å². The van der Waals surface area contributed by atoms with Crippen LogP contribution >= 0.6 is 0 Å². The van der Waals surface area contributed by atoms with E-state index in [1.165, 1.54) is 113 Å². The molecule has 0 radical (unpaired) electrons. The van der Waals surface area contributed by atoms with Crippen molar-refractivity contribution in [3.05, 3.63) is 94.5 Å². The summed E-state index contributed by atoms with van der Waals surface area (Å²) in [6, 6.07) is 16.6. The van der Waals surface area contributed by atoms with Crippen LogP contribution in [-0.2, 0) is 0 Å². The minimum absolute atomic E-state index is 0.0364. The van der Waals surface area contributed by atoms with Gasteiger partial charge >= 0.3 is 0 Å². The van der Waals surface area contributed by atoms with Crippen LogP contribution in [0.15, 0.2) is 66.7 Å². The van der Waals surface area contributed by atoms with E-state index in [1.807, 2.05) is 13.0 Å². The van der Waals surface area contributed by atoms with E-state index in [2.05, 4.69) is 21.3 Å². The number of nitrogens with one attached hydrogen (secondary N) is 4. The molecule has 5 rings (SSSR count). The van der Waals surface area contributed by atoms with Gasteiger partial charge in [0, 0.05) is 24.3 Å². The number of ether oxygens (including phenoxy) is 9. The van der Waals surface area contributed by atoms with Crippen LogP contribution in [0.1, 0.15) is 47.0 Å². The molecule has 18 heteroatoms. The Labute approximate surface area is 357 Å². The van der Waals surface area contributed by atoms with Crippen molar-refractivity contribution in [2.75, 3.05) is 91.0 Å². The van der Waals surface area contributed by atoms with Crippen LogP contribution < -0.4 is 69.6 Å². The highest BCUT2D eigenvalue weighted by atomic mass is 16.5. The second-order valence-electron chi connectivity index (χ2n) is 13.1. The molecule has 0 atom stereocenters. The number of hydrogen-bond acceptors (Lipinski definition) is 14. The summed E-state index contributed by atoms with van der Waals surface area (Å²) < 4.78 is 49.3. The molecule has 6 N–H and O–H groups in total. The Morgan fingerprint density at radius 3 is 0.935 bits per heavy atom. The zero-order valence-electron chi connectivity index (χ0n) is 35.7. The number of anilines is 5. The van der Waals surface area contributed by atoms with Crippen molar-refractivity contribution in [1.29, 1.82) is 0 Å². The van der Waals surface area contributed by atoms with Crippen LogP contribution in [0, 0.1) is 6.92 Å². The van der Waals surface area contributed by atoms with Gasteiger partial charge in [0.2, 0.25) is 0 Å². The molecule has 0 heterocycles. The molecule has 0 aliphatic heterocycles. The van der Waals surface area contributed by atoms with Crippen molar-refractivity contribution in [2.24, 2.45) is 0 Å². The number of hydrogen-bond donors (Lipinski definition) is 5. The van der Waals surface area contributed by atoms with Gasteiger partial charge in [0.05, 0.1) is 115 Å². The SMILES string of the molecule is COc1cc(OC)c(C(=O)Nc2cc(C(=O)Nc3cc(C(=O)Nc4cc(C(=O)Nc5cc(C)ccc5OC)c(OC)cc4OC)c(OC)cc3OC)c(OC)cc2OC)cc1N. The number of carbonyl (C=O) groups is 4. The zero-order valence-corrected chi connectivity index (χ0v) is 35.7.